The van der Waals surface area contributed by atoms with Crippen molar-refractivity contribution < 1.29 is 9.72 Å². The molecule has 0 bridgehead atoms. The molecule has 0 aliphatic carbocycles. The topological polar surface area (TPSA) is 97.2 Å². The number of hydrogen-bond donors (Lipinski definition) is 2. The van der Waals surface area contributed by atoms with Gasteiger partial charge >= 0.3 is 0 Å². The summed E-state index contributed by atoms with van der Waals surface area (Å²) in [5, 5.41) is 16.9. The molecule has 1 amide bonds. The molecule has 1 saturated heterocycles. The van der Waals surface area contributed by atoms with Crippen LogP contribution in [-0.2, 0) is 0 Å². The van der Waals surface area contributed by atoms with Crippen molar-refractivity contribution in [2.75, 3.05) is 19.6 Å². The van der Waals surface area contributed by atoms with Gasteiger partial charge in [-0.05, 0) is 37.9 Å². The van der Waals surface area contributed by atoms with Crippen molar-refractivity contribution in [1.82, 2.24) is 15.6 Å². The van der Waals surface area contributed by atoms with Gasteiger partial charge in [0.05, 0.1) is 4.92 Å². The van der Waals surface area contributed by atoms with Crippen LogP contribution in [0.1, 0.15) is 23.2 Å². The predicted octanol–water partition coefficient (Wildman–Crippen LogP) is 1.37. The van der Waals surface area contributed by atoms with Gasteiger partial charge in [0.15, 0.2) is 0 Å². The number of carbonyl (C=O) groups excluding carboxylic acids is 1. The summed E-state index contributed by atoms with van der Waals surface area (Å²) >= 11 is 5.69. The number of carbonyl (C=O) groups is 1. The third-order valence-corrected chi connectivity index (χ3v) is 3.45. The van der Waals surface area contributed by atoms with E-state index in [1.54, 1.807) is 0 Å². The summed E-state index contributed by atoms with van der Waals surface area (Å²) in [5.41, 5.74) is -0.396. The molecule has 1 aromatic heterocycles. The molecule has 2 heterocycles. The van der Waals surface area contributed by atoms with Gasteiger partial charge in [0, 0.05) is 6.54 Å². The molecular weight excluding hydrogens is 284 g/mol. The first-order valence-corrected chi connectivity index (χ1v) is 6.74. The van der Waals surface area contributed by atoms with Crippen LogP contribution >= 0.6 is 11.6 Å². The maximum Gasteiger partial charge on any atom is 0.300 e. The van der Waals surface area contributed by atoms with E-state index in [-0.39, 0.29) is 16.4 Å². The minimum Gasteiger partial charge on any atom is -0.351 e. The van der Waals surface area contributed by atoms with Gasteiger partial charge in [-0.3, -0.25) is 14.9 Å². The second kappa shape index (κ2) is 6.62. The Morgan fingerprint density at radius 3 is 3.10 bits per heavy atom. The second-order valence-corrected chi connectivity index (χ2v) is 5.09. The highest BCUT2D eigenvalue weighted by Crippen LogP contribution is 2.20. The fraction of sp³-hybridized carbons (Fsp3) is 0.500. The van der Waals surface area contributed by atoms with E-state index in [1.165, 1.54) is 6.07 Å². The van der Waals surface area contributed by atoms with Crippen LogP contribution in [-0.4, -0.2) is 35.4 Å². The molecule has 2 N–H and O–H groups in total. The zero-order valence-electron chi connectivity index (χ0n) is 10.8. The lowest BCUT2D eigenvalue weighted by atomic mass is 9.99. The monoisotopic (exact) mass is 298 g/mol. The number of nitro groups is 1. The standard InChI is InChI=1S/C12H15ClN4O3/c13-11-4-9(10(7-15-11)17(19)20)12(18)16-6-8-2-1-3-14-5-8/h4,7-8,14H,1-3,5-6H2,(H,16,18). The Labute approximate surface area is 120 Å². The van der Waals surface area contributed by atoms with Crippen molar-refractivity contribution >= 4 is 23.2 Å². The molecule has 20 heavy (non-hydrogen) atoms. The van der Waals surface area contributed by atoms with E-state index in [9.17, 15) is 14.9 Å². The first-order chi connectivity index (χ1) is 9.58. The molecule has 1 aliphatic rings. The summed E-state index contributed by atoms with van der Waals surface area (Å²) in [5.74, 6) is -0.143. The van der Waals surface area contributed by atoms with Crippen LogP contribution in [0.25, 0.3) is 0 Å². The quantitative estimate of drug-likeness (QED) is 0.497. The summed E-state index contributed by atoms with van der Waals surface area (Å²) in [6.07, 6.45) is 3.10. The van der Waals surface area contributed by atoms with E-state index in [0.29, 0.717) is 12.5 Å². The predicted molar refractivity (Wildman–Crippen MR) is 73.8 cm³/mol. The summed E-state index contributed by atoms with van der Waals surface area (Å²) < 4.78 is 0. The Morgan fingerprint density at radius 2 is 2.45 bits per heavy atom. The summed E-state index contributed by atoms with van der Waals surface area (Å²) in [7, 11) is 0. The Bertz CT molecular complexity index is 517. The van der Waals surface area contributed by atoms with Gasteiger partial charge < -0.3 is 10.6 Å². The minimum absolute atomic E-state index is 0.0556. The molecule has 108 valence electrons. The van der Waals surface area contributed by atoms with E-state index in [0.717, 1.165) is 32.1 Å². The number of amides is 1. The molecule has 0 spiro atoms. The van der Waals surface area contributed by atoms with Crippen LogP contribution in [0.4, 0.5) is 5.69 Å². The highest BCUT2D eigenvalue weighted by molar-refractivity contribution is 6.29. The molecule has 1 unspecified atom stereocenters. The summed E-state index contributed by atoms with van der Waals surface area (Å²) in [4.78, 5) is 25.9. The first kappa shape index (κ1) is 14.7. The fourth-order valence-electron chi connectivity index (χ4n) is 2.18. The maximum atomic E-state index is 12.0. The fourth-order valence-corrected chi connectivity index (χ4v) is 2.34. The van der Waals surface area contributed by atoms with Crippen molar-refractivity contribution in [1.29, 1.82) is 0 Å². The number of halogens is 1. The normalized spacial score (nSPS) is 18.6. The van der Waals surface area contributed by atoms with E-state index >= 15 is 0 Å². The Balaban J connectivity index is 2.04. The number of pyridine rings is 1. The third kappa shape index (κ3) is 3.64. The number of piperidine rings is 1. The third-order valence-electron chi connectivity index (χ3n) is 3.24. The van der Waals surface area contributed by atoms with Crippen molar-refractivity contribution in [2.24, 2.45) is 5.92 Å². The van der Waals surface area contributed by atoms with Crippen LogP contribution in [0.2, 0.25) is 5.15 Å². The molecule has 1 aliphatic heterocycles. The highest BCUT2D eigenvalue weighted by atomic mass is 35.5. The van der Waals surface area contributed by atoms with E-state index in [2.05, 4.69) is 15.6 Å². The van der Waals surface area contributed by atoms with Crippen molar-refractivity contribution in [2.45, 2.75) is 12.8 Å². The molecule has 2 rings (SSSR count). The smallest absolute Gasteiger partial charge is 0.300 e. The maximum absolute atomic E-state index is 12.0. The molecule has 0 radical (unpaired) electrons. The van der Waals surface area contributed by atoms with E-state index in [4.69, 9.17) is 11.6 Å². The number of nitrogens with zero attached hydrogens (tertiary/aromatic N) is 2. The number of nitrogens with one attached hydrogen (secondary N) is 2. The van der Waals surface area contributed by atoms with Gasteiger partial charge in [-0.1, -0.05) is 11.6 Å². The van der Waals surface area contributed by atoms with Gasteiger partial charge in [0.2, 0.25) is 0 Å². The summed E-state index contributed by atoms with van der Waals surface area (Å²) in [6.45, 7) is 2.33. The summed E-state index contributed by atoms with van der Waals surface area (Å²) in [6, 6.07) is 1.22. The van der Waals surface area contributed by atoms with Crippen molar-refractivity contribution in [3.8, 4) is 0 Å². The largest absolute Gasteiger partial charge is 0.351 e. The van der Waals surface area contributed by atoms with Gasteiger partial charge in [-0.2, -0.15) is 0 Å². The number of aromatic nitrogens is 1. The first-order valence-electron chi connectivity index (χ1n) is 6.37. The Morgan fingerprint density at radius 1 is 1.65 bits per heavy atom. The lowest BCUT2D eigenvalue weighted by Gasteiger charge is -2.22. The zero-order chi connectivity index (χ0) is 14.5. The SMILES string of the molecule is O=C(NCC1CCCNC1)c1cc(Cl)ncc1[N+](=O)[O-]. The van der Waals surface area contributed by atoms with Crippen LogP contribution in [0, 0.1) is 16.0 Å². The Kier molecular flexibility index (Phi) is 4.86. The van der Waals surface area contributed by atoms with Gasteiger partial charge in [-0.25, -0.2) is 4.98 Å². The van der Waals surface area contributed by atoms with Crippen LogP contribution < -0.4 is 10.6 Å². The molecule has 0 saturated carbocycles. The zero-order valence-corrected chi connectivity index (χ0v) is 11.5. The molecule has 7 nitrogen and oxygen atoms in total. The molecule has 1 atom stereocenters. The Hall–Kier alpha value is -1.73. The van der Waals surface area contributed by atoms with Gasteiger partial charge in [0.25, 0.3) is 11.6 Å². The van der Waals surface area contributed by atoms with Gasteiger partial charge in [0.1, 0.15) is 16.9 Å². The number of rotatable bonds is 4. The van der Waals surface area contributed by atoms with Crippen LogP contribution in [0.15, 0.2) is 12.3 Å². The van der Waals surface area contributed by atoms with Crippen molar-refractivity contribution in [3.05, 3.63) is 33.1 Å². The average Bonchev–Trinajstić information content (AvgIpc) is 2.45. The lowest BCUT2D eigenvalue weighted by molar-refractivity contribution is -0.385. The molecule has 0 aromatic carbocycles. The van der Waals surface area contributed by atoms with Crippen LogP contribution in [0.5, 0.6) is 0 Å². The molecule has 1 aromatic rings. The molecular formula is C12H15ClN4O3. The van der Waals surface area contributed by atoms with E-state index in [1.807, 2.05) is 0 Å². The van der Waals surface area contributed by atoms with Crippen LogP contribution in [0.3, 0.4) is 0 Å². The van der Waals surface area contributed by atoms with Crippen molar-refractivity contribution in [3.63, 3.8) is 0 Å². The van der Waals surface area contributed by atoms with E-state index < -0.39 is 10.8 Å². The lowest BCUT2D eigenvalue weighted by Crippen LogP contribution is -2.38. The average molecular weight is 299 g/mol. The number of hydrogen-bond acceptors (Lipinski definition) is 5. The highest BCUT2D eigenvalue weighted by Gasteiger charge is 2.22. The molecule has 1 fully saturated rings. The minimum atomic E-state index is -0.638. The second-order valence-electron chi connectivity index (χ2n) is 4.70. The molecule has 8 heteroatoms. The van der Waals surface area contributed by atoms with Gasteiger partial charge in [-0.15, -0.1) is 0 Å².